The Labute approximate surface area is 164 Å². The van der Waals surface area contributed by atoms with Gasteiger partial charge in [-0.3, -0.25) is 14.5 Å². The van der Waals surface area contributed by atoms with Crippen molar-refractivity contribution in [2.24, 2.45) is 0 Å². The molecule has 0 fully saturated rings. The van der Waals surface area contributed by atoms with E-state index in [2.05, 4.69) is 0 Å². The Morgan fingerprint density at radius 2 is 1.79 bits per heavy atom. The summed E-state index contributed by atoms with van der Waals surface area (Å²) in [6.07, 6.45) is 1.65. The van der Waals surface area contributed by atoms with Gasteiger partial charge in [0.05, 0.1) is 26.4 Å². The van der Waals surface area contributed by atoms with Gasteiger partial charge in [-0.05, 0) is 50.1 Å². The fourth-order valence-corrected chi connectivity index (χ4v) is 2.84. The minimum Gasteiger partial charge on any atom is -0.490 e. The zero-order valence-corrected chi connectivity index (χ0v) is 16.6. The van der Waals surface area contributed by atoms with Crippen molar-refractivity contribution in [2.75, 3.05) is 33.5 Å². The average molecular weight is 384 g/mol. The van der Waals surface area contributed by atoms with E-state index in [0.717, 1.165) is 4.90 Å². The lowest BCUT2D eigenvalue weighted by molar-refractivity contribution is -0.141. The zero-order chi connectivity index (χ0) is 20.7. The Kier molecular flexibility index (Phi) is 7.36. The average Bonchev–Trinajstić information content (AvgIpc) is 2.68. The number of ether oxygens (including phenoxy) is 3. The van der Waals surface area contributed by atoms with Gasteiger partial charge in [-0.2, -0.15) is 5.26 Å². The number of carbonyl (C=O) groups excluding carboxylic acids is 2. The van der Waals surface area contributed by atoms with Crippen LogP contribution in [0.1, 0.15) is 26.3 Å². The number of rotatable bonds is 8. The molecule has 2 amide bonds. The Morgan fingerprint density at radius 3 is 2.39 bits per heavy atom. The highest BCUT2D eigenvalue weighted by molar-refractivity contribution is 6.19. The minimum atomic E-state index is -0.596. The molecule has 0 unspecified atom stereocenters. The molecule has 0 bridgehead atoms. The van der Waals surface area contributed by atoms with E-state index in [1.165, 1.54) is 7.11 Å². The molecule has 0 radical (unpaired) electrons. The van der Waals surface area contributed by atoms with Crippen molar-refractivity contribution < 1.29 is 23.8 Å². The highest BCUT2D eigenvalue weighted by Crippen LogP contribution is 2.32. The summed E-state index contributed by atoms with van der Waals surface area (Å²) in [5.41, 5.74) is 1.31. The molecule has 1 heterocycles. The van der Waals surface area contributed by atoms with Gasteiger partial charge < -0.3 is 14.2 Å². The van der Waals surface area contributed by atoms with Gasteiger partial charge in [-0.15, -0.1) is 0 Å². The lowest BCUT2D eigenvalue weighted by atomic mass is 9.93. The summed E-state index contributed by atoms with van der Waals surface area (Å²) in [6.45, 7) is 6.61. The molecular formula is C21H24N2O5. The summed E-state index contributed by atoms with van der Waals surface area (Å²) in [4.78, 5) is 26.4. The molecule has 7 nitrogen and oxygen atoms in total. The summed E-state index contributed by atoms with van der Waals surface area (Å²) in [5.74, 6) is 0.131. The molecule has 1 aromatic carbocycles. The van der Waals surface area contributed by atoms with Crippen LogP contribution >= 0.6 is 0 Å². The van der Waals surface area contributed by atoms with Gasteiger partial charge in [-0.25, -0.2) is 0 Å². The van der Waals surface area contributed by atoms with E-state index in [-0.39, 0.29) is 18.7 Å². The van der Waals surface area contributed by atoms with Crippen LogP contribution in [0.3, 0.4) is 0 Å². The third-order valence-electron chi connectivity index (χ3n) is 4.22. The molecular weight excluding hydrogens is 360 g/mol. The molecule has 1 aromatic rings. The Morgan fingerprint density at radius 1 is 1.11 bits per heavy atom. The maximum absolute atomic E-state index is 12.9. The molecule has 1 aliphatic heterocycles. The second-order valence-corrected chi connectivity index (χ2v) is 6.00. The predicted molar refractivity (Wildman–Crippen MR) is 104 cm³/mol. The predicted octanol–water partition coefficient (Wildman–Crippen LogP) is 2.72. The molecule has 0 aromatic heterocycles. The van der Waals surface area contributed by atoms with Crippen molar-refractivity contribution in [1.29, 1.82) is 5.26 Å². The van der Waals surface area contributed by atoms with E-state index >= 15 is 0 Å². The first kappa shape index (κ1) is 21.2. The van der Waals surface area contributed by atoms with Crippen LogP contribution in [0.5, 0.6) is 11.5 Å². The topological polar surface area (TPSA) is 88.9 Å². The number of methoxy groups -OCH3 is 1. The Hall–Kier alpha value is -3.11. The first-order valence-electron chi connectivity index (χ1n) is 9.06. The van der Waals surface area contributed by atoms with Gasteiger partial charge in [0.1, 0.15) is 11.6 Å². The van der Waals surface area contributed by atoms with Gasteiger partial charge in [-0.1, -0.05) is 6.07 Å². The van der Waals surface area contributed by atoms with Crippen LogP contribution in [0.25, 0.3) is 6.08 Å². The van der Waals surface area contributed by atoms with Crippen molar-refractivity contribution in [1.82, 2.24) is 4.90 Å². The first-order valence-corrected chi connectivity index (χ1v) is 9.06. The van der Waals surface area contributed by atoms with E-state index in [0.29, 0.717) is 41.4 Å². The molecule has 28 heavy (non-hydrogen) atoms. The number of nitriles is 1. The largest absolute Gasteiger partial charge is 0.490 e. The minimum absolute atomic E-state index is 0.0436. The maximum Gasteiger partial charge on any atom is 0.271 e. The van der Waals surface area contributed by atoms with Crippen molar-refractivity contribution in [3.8, 4) is 17.6 Å². The standard InChI is InChI=1S/C21H24N2O5/c1-5-27-18-8-7-15(12-19(18)28-6-2)11-16-14(3)17(13-22)21(25)23(20(16)24)9-10-26-4/h7-8,11-12H,5-6,9-10H2,1-4H3/b16-11+. The van der Waals surface area contributed by atoms with Crippen molar-refractivity contribution in [2.45, 2.75) is 20.8 Å². The monoisotopic (exact) mass is 384 g/mol. The zero-order valence-electron chi connectivity index (χ0n) is 16.6. The van der Waals surface area contributed by atoms with Crippen LogP contribution in [-0.2, 0) is 14.3 Å². The molecule has 0 atom stereocenters. The first-order chi connectivity index (χ1) is 13.5. The van der Waals surface area contributed by atoms with Crippen LogP contribution in [-0.4, -0.2) is 50.2 Å². The maximum atomic E-state index is 12.9. The van der Waals surface area contributed by atoms with E-state index < -0.39 is 11.8 Å². The lowest BCUT2D eigenvalue weighted by Crippen LogP contribution is -2.44. The second kappa shape index (κ2) is 9.72. The molecule has 0 N–H and O–H groups in total. The van der Waals surface area contributed by atoms with Crippen LogP contribution in [0, 0.1) is 11.3 Å². The summed E-state index contributed by atoms with van der Waals surface area (Å²) >= 11 is 0. The molecule has 0 spiro atoms. The number of imide groups is 1. The lowest BCUT2D eigenvalue weighted by Gasteiger charge is -2.27. The normalized spacial score (nSPS) is 15.8. The van der Waals surface area contributed by atoms with E-state index in [9.17, 15) is 14.9 Å². The molecule has 148 valence electrons. The molecule has 1 aliphatic rings. The summed E-state index contributed by atoms with van der Waals surface area (Å²) in [7, 11) is 1.48. The fourth-order valence-electron chi connectivity index (χ4n) is 2.84. The Balaban J connectivity index is 2.51. The van der Waals surface area contributed by atoms with Gasteiger partial charge in [0, 0.05) is 12.7 Å². The molecule has 0 saturated heterocycles. The third kappa shape index (κ3) is 4.41. The third-order valence-corrected chi connectivity index (χ3v) is 4.22. The fraction of sp³-hybridized carbons (Fsp3) is 0.381. The number of amides is 2. The molecule has 2 rings (SSSR count). The van der Waals surface area contributed by atoms with Crippen molar-refractivity contribution in [3.05, 3.63) is 40.5 Å². The summed E-state index contributed by atoms with van der Waals surface area (Å²) < 4.78 is 16.2. The quantitative estimate of drug-likeness (QED) is 0.506. The summed E-state index contributed by atoms with van der Waals surface area (Å²) in [5, 5.41) is 9.39. The highest BCUT2D eigenvalue weighted by Gasteiger charge is 2.35. The van der Waals surface area contributed by atoms with Crippen LogP contribution in [0.15, 0.2) is 34.9 Å². The van der Waals surface area contributed by atoms with E-state index in [4.69, 9.17) is 14.2 Å². The molecule has 7 heteroatoms. The van der Waals surface area contributed by atoms with Crippen LogP contribution in [0.4, 0.5) is 0 Å². The van der Waals surface area contributed by atoms with Crippen LogP contribution < -0.4 is 9.47 Å². The van der Waals surface area contributed by atoms with Gasteiger partial charge in [0.25, 0.3) is 11.8 Å². The number of carbonyl (C=O) groups is 2. The number of hydrogen-bond donors (Lipinski definition) is 0. The number of hydrogen-bond acceptors (Lipinski definition) is 6. The smallest absolute Gasteiger partial charge is 0.271 e. The van der Waals surface area contributed by atoms with Gasteiger partial charge >= 0.3 is 0 Å². The Bertz CT molecular complexity index is 864. The highest BCUT2D eigenvalue weighted by atomic mass is 16.5. The molecule has 0 saturated carbocycles. The van der Waals surface area contributed by atoms with Crippen LogP contribution in [0.2, 0.25) is 0 Å². The summed E-state index contributed by atoms with van der Waals surface area (Å²) in [6, 6.07) is 7.25. The van der Waals surface area contributed by atoms with Gasteiger partial charge in [0.15, 0.2) is 11.5 Å². The van der Waals surface area contributed by atoms with E-state index in [1.807, 2.05) is 19.9 Å². The van der Waals surface area contributed by atoms with Crippen molar-refractivity contribution >= 4 is 17.9 Å². The number of benzene rings is 1. The van der Waals surface area contributed by atoms with Gasteiger partial charge in [0.2, 0.25) is 0 Å². The SMILES string of the molecule is CCOc1ccc(/C=C2/C(=O)N(CCOC)C(=O)C(C#N)=C2C)cc1OCC. The molecule has 0 aliphatic carbocycles. The number of nitrogens with zero attached hydrogens (tertiary/aromatic N) is 2. The second-order valence-electron chi connectivity index (χ2n) is 6.00. The van der Waals surface area contributed by atoms with Crippen molar-refractivity contribution in [3.63, 3.8) is 0 Å². The van der Waals surface area contributed by atoms with E-state index in [1.54, 1.807) is 31.2 Å².